The van der Waals surface area contributed by atoms with Gasteiger partial charge in [-0.2, -0.15) is 0 Å². The van der Waals surface area contributed by atoms with E-state index in [9.17, 15) is 13.2 Å². The molecule has 2 aromatic heterocycles. The molecular weight excluding hydrogens is 306 g/mol. The molecule has 0 saturated heterocycles. The van der Waals surface area contributed by atoms with Crippen LogP contribution in [0, 0.1) is 13.8 Å². The smallest absolute Gasteiger partial charge is 0.358 e. The first kappa shape index (κ1) is 14.5. The van der Waals surface area contributed by atoms with Gasteiger partial charge in [0.1, 0.15) is 0 Å². The highest BCUT2D eigenvalue weighted by Crippen LogP contribution is 2.26. The molecule has 2 heterocycles. The van der Waals surface area contributed by atoms with Crippen LogP contribution in [-0.2, 0) is 14.8 Å². The van der Waals surface area contributed by atoms with Crippen LogP contribution in [0.1, 0.15) is 21.7 Å². The molecule has 0 bridgehead atoms. The number of hydrogen-bond donors (Lipinski definition) is 1. The lowest BCUT2D eigenvalue weighted by Gasteiger charge is -2.04. The first-order valence-corrected chi connectivity index (χ1v) is 7.70. The third kappa shape index (κ3) is 2.51. The Labute approximate surface area is 118 Å². The summed E-state index contributed by atoms with van der Waals surface area (Å²) in [5.74, 6) is -0.816. The molecular formula is C10H11N3O5S2. The number of carbonyl (C=O) groups excluding carboxylic acids is 1. The molecule has 1 N–H and O–H groups in total. The van der Waals surface area contributed by atoms with Crippen molar-refractivity contribution < 1.29 is 22.5 Å². The van der Waals surface area contributed by atoms with E-state index in [0.29, 0.717) is 11.3 Å². The minimum Gasteiger partial charge on any atom is -0.464 e. The first-order valence-electron chi connectivity index (χ1n) is 5.34. The molecule has 0 amide bonds. The fourth-order valence-electron chi connectivity index (χ4n) is 1.34. The lowest BCUT2D eigenvalue weighted by molar-refractivity contribution is 0.0590. The summed E-state index contributed by atoms with van der Waals surface area (Å²) in [6, 6.07) is 0. The maximum absolute atomic E-state index is 12.2. The summed E-state index contributed by atoms with van der Waals surface area (Å²) in [7, 11) is -2.85. The number of esters is 1. The van der Waals surface area contributed by atoms with Crippen LogP contribution >= 0.6 is 11.3 Å². The van der Waals surface area contributed by atoms with Gasteiger partial charge in [0.2, 0.25) is 5.88 Å². The molecule has 0 fully saturated rings. The quantitative estimate of drug-likeness (QED) is 0.847. The van der Waals surface area contributed by atoms with E-state index in [1.54, 1.807) is 13.8 Å². The first-order chi connectivity index (χ1) is 9.36. The number of ether oxygens (including phenoxy) is 1. The molecule has 0 spiro atoms. The Morgan fingerprint density at radius 3 is 2.70 bits per heavy atom. The minimum absolute atomic E-state index is 0.00622. The summed E-state index contributed by atoms with van der Waals surface area (Å²) in [5, 5.41) is 3.65. The van der Waals surface area contributed by atoms with E-state index in [0.717, 1.165) is 18.4 Å². The van der Waals surface area contributed by atoms with Crippen molar-refractivity contribution in [1.29, 1.82) is 0 Å². The van der Waals surface area contributed by atoms with E-state index in [-0.39, 0.29) is 15.8 Å². The summed E-state index contributed by atoms with van der Waals surface area (Å²) >= 11 is 0.808. The highest BCUT2D eigenvalue weighted by Gasteiger charge is 2.28. The average Bonchev–Trinajstić information content (AvgIpc) is 3.00. The van der Waals surface area contributed by atoms with Gasteiger partial charge in [0.05, 0.1) is 18.3 Å². The topological polar surface area (TPSA) is 111 Å². The Hall–Kier alpha value is -1.94. The van der Waals surface area contributed by atoms with Gasteiger partial charge in [0.15, 0.2) is 9.90 Å². The molecule has 0 aliphatic rings. The molecule has 0 unspecified atom stereocenters. The van der Waals surface area contributed by atoms with E-state index < -0.39 is 16.0 Å². The van der Waals surface area contributed by atoms with Gasteiger partial charge in [-0.3, -0.25) is 0 Å². The van der Waals surface area contributed by atoms with Crippen molar-refractivity contribution in [2.24, 2.45) is 0 Å². The number of nitrogens with one attached hydrogen (secondary N) is 1. The summed E-state index contributed by atoms with van der Waals surface area (Å²) < 4.78 is 35.8. The van der Waals surface area contributed by atoms with Gasteiger partial charge < -0.3 is 9.26 Å². The monoisotopic (exact) mass is 317 g/mol. The Kier molecular flexibility index (Phi) is 3.77. The Bertz CT molecular complexity index is 747. The third-order valence-corrected chi connectivity index (χ3v) is 5.24. The van der Waals surface area contributed by atoms with E-state index in [2.05, 4.69) is 19.6 Å². The molecule has 0 saturated carbocycles. The van der Waals surface area contributed by atoms with Crippen molar-refractivity contribution in [2.45, 2.75) is 18.1 Å². The number of thiazole rings is 1. The molecule has 108 valence electrons. The molecule has 0 aliphatic heterocycles. The van der Waals surface area contributed by atoms with Gasteiger partial charge in [0.25, 0.3) is 10.0 Å². The van der Waals surface area contributed by atoms with E-state index in [1.807, 2.05) is 0 Å². The number of nitrogens with zero attached hydrogens (tertiary/aromatic N) is 2. The number of methoxy groups -OCH3 is 1. The zero-order valence-corrected chi connectivity index (χ0v) is 12.5. The van der Waals surface area contributed by atoms with Gasteiger partial charge in [-0.25, -0.2) is 22.9 Å². The van der Waals surface area contributed by atoms with Crippen LogP contribution in [-0.4, -0.2) is 31.6 Å². The standard InChI is InChI=1S/C10H11N3O5S2/c1-5-6(2)12-18-8(5)13-20(15,16)10-7(9(14)17-3)11-4-19-10/h4,13H,1-3H3. The predicted octanol–water partition coefficient (Wildman–Crippen LogP) is 1.34. The Balaban J connectivity index is 2.39. The summed E-state index contributed by atoms with van der Waals surface area (Å²) in [5.41, 5.74) is 2.12. The van der Waals surface area contributed by atoms with E-state index in [4.69, 9.17) is 4.52 Å². The lowest BCUT2D eigenvalue weighted by atomic mass is 10.3. The van der Waals surface area contributed by atoms with Crippen LogP contribution in [0.2, 0.25) is 0 Å². The molecule has 8 nitrogen and oxygen atoms in total. The highest BCUT2D eigenvalue weighted by atomic mass is 32.2. The Morgan fingerprint density at radius 1 is 1.45 bits per heavy atom. The second-order valence-electron chi connectivity index (χ2n) is 3.81. The van der Waals surface area contributed by atoms with Crippen molar-refractivity contribution in [3.63, 3.8) is 0 Å². The number of aryl methyl sites for hydroxylation is 1. The number of hydrogen-bond acceptors (Lipinski definition) is 8. The maximum Gasteiger partial charge on any atom is 0.358 e. The number of anilines is 1. The van der Waals surface area contributed by atoms with Gasteiger partial charge in [-0.15, -0.1) is 11.3 Å². The van der Waals surface area contributed by atoms with Crippen molar-refractivity contribution in [3.05, 3.63) is 22.5 Å². The summed E-state index contributed by atoms with van der Waals surface area (Å²) in [6.07, 6.45) is 0. The minimum atomic E-state index is -3.99. The normalized spacial score (nSPS) is 11.3. The zero-order valence-electron chi connectivity index (χ0n) is 10.8. The number of sulfonamides is 1. The van der Waals surface area contributed by atoms with Crippen molar-refractivity contribution in [3.8, 4) is 0 Å². The predicted molar refractivity (Wildman–Crippen MR) is 70.2 cm³/mol. The SMILES string of the molecule is COC(=O)c1ncsc1S(=O)(=O)Nc1onc(C)c1C. The molecule has 20 heavy (non-hydrogen) atoms. The van der Waals surface area contributed by atoms with Crippen LogP contribution in [0.3, 0.4) is 0 Å². The van der Waals surface area contributed by atoms with Crippen molar-refractivity contribution >= 4 is 33.2 Å². The fraction of sp³-hybridized carbons (Fsp3) is 0.300. The fourth-order valence-corrected chi connectivity index (χ4v) is 3.52. The van der Waals surface area contributed by atoms with Gasteiger partial charge >= 0.3 is 5.97 Å². The van der Waals surface area contributed by atoms with Gasteiger partial charge in [-0.05, 0) is 13.8 Å². The van der Waals surface area contributed by atoms with Gasteiger partial charge in [0, 0.05) is 5.56 Å². The molecule has 0 aromatic carbocycles. The number of rotatable bonds is 4. The molecule has 10 heteroatoms. The zero-order chi connectivity index (χ0) is 14.9. The van der Waals surface area contributed by atoms with Crippen LogP contribution < -0.4 is 4.72 Å². The molecule has 0 atom stereocenters. The molecule has 2 aromatic rings. The third-order valence-electron chi connectivity index (χ3n) is 2.54. The average molecular weight is 317 g/mol. The van der Waals surface area contributed by atoms with Crippen LogP contribution in [0.15, 0.2) is 14.2 Å². The second kappa shape index (κ2) is 5.21. The second-order valence-corrected chi connectivity index (χ2v) is 6.54. The van der Waals surface area contributed by atoms with Gasteiger partial charge in [-0.1, -0.05) is 5.16 Å². The highest BCUT2D eigenvalue weighted by molar-refractivity contribution is 7.94. The summed E-state index contributed by atoms with van der Waals surface area (Å²) in [4.78, 5) is 15.2. The van der Waals surface area contributed by atoms with Crippen molar-refractivity contribution in [1.82, 2.24) is 10.1 Å². The lowest BCUT2D eigenvalue weighted by Crippen LogP contribution is -2.16. The largest absolute Gasteiger partial charge is 0.464 e. The molecule has 2 rings (SSSR count). The van der Waals surface area contributed by atoms with E-state index in [1.165, 1.54) is 5.51 Å². The van der Waals surface area contributed by atoms with Crippen LogP contribution in [0.25, 0.3) is 0 Å². The molecule has 0 aliphatic carbocycles. The number of carbonyl (C=O) groups is 1. The Morgan fingerprint density at radius 2 is 2.15 bits per heavy atom. The van der Waals surface area contributed by atoms with Crippen molar-refractivity contribution in [2.75, 3.05) is 11.8 Å². The van der Waals surface area contributed by atoms with Crippen LogP contribution in [0.4, 0.5) is 5.88 Å². The summed E-state index contributed by atoms with van der Waals surface area (Å²) in [6.45, 7) is 3.35. The molecule has 0 radical (unpaired) electrons. The van der Waals surface area contributed by atoms with E-state index >= 15 is 0 Å². The number of aromatic nitrogens is 2. The van der Waals surface area contributed by atoms with Crippen LogP contribution in [0.5, 0.6) is 0 Å². The maximum atomic E-state index is 12.2.